The summed E-state index contributed by atoms with van der Waals surface area (Å²) >= 11 is 0. The van der Waals surface area contributed by atoms with Gasteiger partial charge in [0.1, 0.15) is 6.61 Å². The molecule has 0 heterocycles. The standard InChI is InChI=1S/C18H36O8/c1-3-4-5-6-21-7-8-22-9-10-23-11-12-24-13-14-25-15-16-26-17-18(19)20-2/h3-17H2,1-2H3. The Morgan fingerprint density at radius 3 is 1.35 bits per heavy atom. The number of rotatable bonds is 21. The van der Waals surface area contributed by atoms with Gasteiger partial charge in [0.25, 0.3) is 0 Å². The van der Waals surface area contributed by atoms with Crippen molar-refractivity contribution >= 4 is 5.97 Å². The van der Waals surface area contributed by atoms with Gasteiger partial charge in [-0.3, -0.25) is 0 Å². The quantitative estimate of drug-likeness (QED) is 0.219. The average molecular weight is 380 g/mol. The first-order chi connectivity index (χ1) is 12.8. The summed E-state index contributed by atoms with van der Waals surface area (Å²) in [5.74, 6) is -0.394. The van der Waals surface area contributed by atoms with Crippen LogP contribution in [0.1, 0.15) is 26.2 Å². The summed E-state index contributed by atoms with van der Waals surface area (Å²) in [4.78, 5) is 10.8. The summed E-state index contributed by atoms with van der Waals surface area (Å²) < 4.78 is 36.4. The molecule has 0 aromatic rings. The van der Waals surface area contributed by atoms with Crippen LogP contribution in [0.5, 0.6) is 0 Å². The smallest absolute Gasteiger partial charge is 0.331 e. The fraction of sp³-hybridized carbons (Fsp3) is 0.944. The minimum absolute atomic E-state index is 0.0522. The normalized spacial score (nSPS) is 11.0. The summed E-state index contributed by atoms with van der Waals surface area (Å²) in [5.41, 5.74) is 0. The van der Waals surface area contributed by atoms with E-state index in [0.717, 1.165) is 13.0 Å². The molecular weight excluding hydrogens is 344 g/mol. The number of hydrogen-bond acceptors (Lipinski definition) is 8. The molecule has 0 aliphatic heterocycles. The van der Waals surface area contributed by atoms with Crippen molar-refractivity contribution in [2.45, 2.75) is 26.2 Å². The molecule has 0 aromatic heterocycles. The van der Waals surface area contributed by atoms with E-state index >= 15 is 0 Å². The maximum absolute atomic E-state index is 10.8. The van der Waals surface area contributed by atoms with Crippen molar-refractivity contribution in [3.05, 3.63) is 0 Å². The zero-order chi connectivity index (χ0) is 19.1. The molecule has 0 saturated carbocycles. The molecule has 0 bridgehead atoms. The summed E-state index contributed by atoms with van der Waals surface area (Å²) in [6.07, 6.45) is 3.55. The van der Waals surface area contributed by atoms with E-state index in [-0.39, 0.29) is 6.61 Å². The Hall–Kier alpha value is -0.770. The molecule has 0 unspecified atom stereocenters. The maximum Gasteiger partial charge on any atom is 0.331 e. The monoisotopic (exact) mass is 380 g/mol. The zero-order valence-electron chi connectivity index (χ0n) is 16.4. The number of ether oxygens (including phenoxy) is 7. The third-order valence-electron chi connectivity index (χ3n) is 3.20. The molecular formula is C18H36O8. The third kappa shape index (κ3) is 21.3. The molecule has 0 aliphatic carbocycles. The van der Waals surface area contributed by atoms with Crippen LogP contribution in [-0.2, 0) is 38.0 Å². The first-order valence-corrected chi connectivity index (χ1v) is 9.34. The van der Waals surface area contributed by atoms with E-state index < -0.39 is 5.97 Å². The second-order valence-corrected chi connectivity index (χ2v) is 5.40. The molecule has 0 rings (SSSR count). The molecule has 0 saturated heterocycles. The number of methoxy groups -OCH3 is 1. The predicted octanol–water partition coefficient (Wildman–Crippen LogP) is 1.45. The summed E-state index contributed by atoms with van der Waals surface area (Å²) in [6.45, 7) is 8.07. The van der Waals surface area contributed by atoms with Crippen molar-refractivity contribution in [3.63, 3.8) is 0 Å². The lowest BCUT2D eigenvalue weighted by Gasteiger charge is -2.08. The van der Waals surface area contributed by atoms with Gasteiger partial charge in [0, 0.05) is 6.61 Å². The Morgan fingerprint density at radius 1 is 0.577 bits per heavy atom. The van der Waals surface area contributed by atoms with Gasteiger partial charge in [0.2, 0.25) is 0 Å². The van der Waals surface area contributed by atoms with E-state index in [1.807, 2.05) is 0 Å². The minimum atomic E-state index is -0.394. The number of unbranched alkanes of at least 4 members (excludes halogenated alkanes) is 2. The van der Waals surface area contributed by atoms with Gasteiger partial charge in [-0.1, -0.05) is 19.8 Å². The van der Waals surface area contributed by atoms with Crippen LogP contribution in [0.3, 0.4) is 0 Å². The molecule has 0 fully saturated rings. The molecule has 8 heteroatoms. The largest absolute Gasteiger partial charge is 0.467 e. The van der Waals surface area contributed by atoms with Crippen LogP contribution in [-0.4, -0.2) is 92.4 Å². The first-order valence-electron chi connectivity index (χ1n) is 9.34. The molecule has 8 nitrogen and oxygen atoms in total. The van der Waals surface area contributed by atoms with Gasteiger partial charge in [-0.15, -0.1) is 0 Å². The molecule has 0 N–H and O–H groups in total. The van der Waals surface area contributed by atoms with Gasteiger partial charge >= 0.3 is 5.97 Å². The van der Waals surface area contributed by atoms with Crippen LogP contribution in [0.15, 0.2) is 0 Å². The molecule has 156 valence electrons. The van der Waals surface area contributed by atoms with E-state index in [9.17, 15) is 4.79 Å². The van der Waals surface area contributed by atoms with Crippen molar-refractivity contribution in [1.29, 1.82) is 0 Å². The van der Waals surface area contributed by atoms with E-state index in [4.69, 9.17) is 28.4 Å². The Bertz CT molecular complexity index is 288. The molecule has 26 heavy (non-hydrogen) atoms. The Labute approximate surface area is 157 Å². The average Bonchev–Trinajstić information content (AvgIpc) is 2.66. The molecule has 0 atom stereocenters. The van der Waals surface area contributed by atoms with Gasteiger partial charge in [-0.2, -0.15) is 0 Å². The number of carbonyl (C=O) groups excluding carboxylic acids is 1. The number of esters is 1. The van der Waals surface area contributed by atoms with Crippen LogP contribution in [0.4, 0.5) is 0 Å². The lowest BCUT2D eigenvalue weighted by atomic mass is 10.3. The molecule has 0 aliphatic rings. The molecule has 0 amide bonds. The van der Waals surface area contributed by atoms with Crippen molar-refractivity contribution in [2.24, 2.45) is 0 Å². The highest BCUT2D eigenvalue weighted by molar-refractivity contribution is 5.70. The van der Waals surface area contributed by atoms with Gasteiger partial charge in [-0.25, -0.2) is 4.79 Å². The van der Waals surface area contributed by atoms with Crippen LogP contribution in [0.2, 0.25) is 0 Å². The lowest BCUT2D eigenvalue weighted by Crippen LogP contribution is -2.15. The van der Waals surface area contributed by atoms with Crippen LogP contribution >= 0.6 is 0 Å². The van der Waals surface area contributed by atoms with E-state index in [2.05, 4.69) is 11.7 Å². The molecule has 0 spiro atoms. The van der Waals surface area contributed by atoms with Crippen molar-refractivity contribution in [3.8, 4) is 0 Å². The fourth-order valence-corrected chi connectivity index (χ4v) is 1.77. The number of carbonyl (C=O) groups is 1. The van der Waals surface area contributed by atoms with E-state index in [1.165, 1.54) is 20.0 Å². The van der Waals surface area contributed by atoms with Crippen LogP contribution in [0, 0.1) is 0 Å². The summed E-state index contributed by atoms with van der Waals surface area (Å²) in [7, 11) is 1.32. The van der Waals surface area contributed by atoms with Gasteiger partial charge in [-0.05, 0) is 6.42 Å². The number of hydrogen-bond donors (Lipinski definition) is 0. The van der Waals surface area contributed by atoms with E-state index in [0.29, 0.717) is 66.1 Å². The van der Waals surface area contributed by atoms with Gasteiger partial charge < -0.3 is 33.2 Å². The summed E-state index contributed by atoms with van der Waals surface area (Å²) in [5, 5.41) is 0. The topological polar surface area (TPSA) is 81.7 Å². The lowest BCUT2D eigenvalue weighted by molar-refractivity contribution is -0.146. The zero-order valence-corrected chi connectivity index (χ0v) is 16.4. The van der Waals surface area contributed by atoms with Crippen LogP contribution < -0.4 is 0 Å². The van der Waals surface area contributed by atoms with Crippen molar-refractivity contribution in [2.75, 3.05) is 86.4 Å². The highest BCUT2D eigenvalue weighted by atomic mass is 16.6. The van der Waals surface area contributed by atoms with Gasteiger partial charge in [0.05, 0.1) is 73.2 Å². The second-order valence-electron chi connectivity index (χ2n) is 5.40. The Kier molecular flexibility index (Phi) is 21.6. The minimum Gasteiger partial charge on any atom is -0.467 e. The maximum atomic E-state index is 10.8. The Balaban J connectivity index is 3.00. The van der Waals surface area contributed by atoms with Gasteiger partial charge in [0.15, 0.2) is 0 Å². The highest BCUT2D eigenvalue weighted by Gasteiger charge is 1.99. The molecule has 0 radical (unpaired) electrons. The second kappa shape index (κ2) is 22.3. The highest BCUT2D eigenvalue weighted by Crippen LogP contribution is 1.93. The van der Waals surface area contributed by atoms with Crippen LogP contribution in [0.25, 0.3) is 0 Å². The third-order valence-corrected chi connectivity index (χ3v) is 3.20. The van der Waals surface area contributed by atoms with E-state index in [1.54, 1.807) is 0 Å². The van der Waals surface area contributed by atoms with Crippen molar-refractivity contribution in [1.82, 2.24) is 0 Å². The SMILES string of the molecule is CCCCCOCCOCCOCCOCCOCCOCC(=O)OC. The first kappa shape index (κ1) is 25.2. The molecule has 0 aromatic carbocycles. The summed E-state index contributed by atoms with van der Waals surface area (Å²) in [6, 6.07) is 0. The van der Waals surface area contributed by atoms with Crippen molar-refractivity contribution < 1.29 is 38.0 Å². The Morgan fingerprint density at radius 2 is 0.962 bits per heavy atom. The predicted molar refractivity (Wildman–Crippen MR) is 96.5 cm³/mol. The fourth-order valence-electron chi connectivity index (χ4n) is 1.77.